The molecular weight excluding hydrogens is 404 g/mol. The molecule has 0 aliphatic heterocycles. The van der Waals surface area contributed by atoms with Crippen molar-refractivity contribution < 1.29 is 4.79 Å². The van der Waals surface area contributed by atoms with Gasteiger partial charge in [-0.15, -0.1) is 11.3 Å². The van der Waals surface area contributed by atoms with Gasteiger partial charge in [-0.05, 0) is 42.5 Å². The first kappa shape index (κ1) is 21.4. The summed E-state index contributed by atoms with van der Waals surface area (Å²) in [5, 5.41) is 4.50. The van der Waals surface area contributed by atoms with Gasteiger partial charge >= 0.3 is 0 Å². The van der Waals surface area contributed by atoms with Gasteiger partial charge < -0.3 is 5.32 Å². The van der Waals surface area contributed by atoms with Crippen molar-refractivity contribution in [3.8, 4) is 10.8 Å². The maximum atomic E-state index is 12.9. The number of aryl methyl sites for hydroxylation is 1. The zero-order valence-electron chi connectivity index (χ0n) is 16.9. The van der Waals surface area contributed by atoms with Crippen molar-refractivity contribution in [3.63, 3.8) is 0 Å². The van der Waals surface area contributed by atoms with E-state index in [2.05, 4.69) is 34.1 Å². The molecule has 0 bridgehead atoms. The summed E-state index contributed by atoms with van der Waals surface area (Å²) in [6, 6.07) is 9.64. The van der Waals surface area contributed by atoms with Gasteiger partial charge in [0, 0.05) is 29.9 Å². The zero-order chi connectivity index (χ0) is 20.8. The molecule has 0 aliphatic rings. The van der Waals surface area contributed by atoms with Crippen LogP contribution in [0.25, 0.3) is 10.8 Å². The van der Waals surface area contributed by atoms with E-state index in [1.807, 2.05) is 31.2 Å². The predicted octanol–water partition coefficient (Wildman–Crippen LogP) is 5.38. The normalized spacial score (nSPS) is 12.2. The molecule has 7 heteroatoms. The standard InChI is InChI=1S/C22H25ClN4OS/c1-4-18-19(29-22(27-18)20-24-10-5-11-25-20)21(28)26-13-16(12-14(2)3)15-6-8-17(23)9-7-15/h5-11,14,16H,4,12-13H2,1-3H3,(H,26,28). The second-order valence-electron chi connectivity index (χ2n) is 7.31. The summed E-state index contributed by atoms with van der Waals surface area (Å²) in [5.74, 6) is 1.20. The van der Waals surface area contributed by atoms with Crippen LogP contribution in [0.15, 0.2) is 42.7 Å². The smallest absolute Gasteiger partial charge is 0.263 e. The van der Waals surface area contributed by atoms with Crippen LogP contribution in [0.1, 0.15) is 54.0 Å². The lowest BCUT2D eigenvalue weighted by Crippen LogP contribution is -2.29. The van der Waals surface area contributed by atoms with Crippen LogP contribution in [0.4, 0.5) is 0 Å². The Morgan fingerprint density at radius 1 is 1.17 bits per heavy atom. The van der Waals surface area contributed by atoms with E-state index in [1.54, 1.807) is 18.5 Å². The summed E-state index contributed by atoms with van der Waals surface area (Å²) in [5.41, 5.74) is 1.96. The molecule has 0 radical (unpaired) electrons. The van der Waals surface area contributed by atoms with Crippen molar-refractivity contribution in [3.05, 3.63) is 63.9 Å². The number of rotatable bonds is 8. The number of nitrogens with zero attached hydrogens (tertiary/aromatic N) is 3. The molecule has 5 nitrogen and oxygen atoms in total. The first-order valence-corrected chi connectivity index (χ1v) is 11.0. The fourth-order valence-electron chi connectivity index (χ4n) is 3.21. The number of amides is 1. The van der Waals surface area contributed by atoms with Gasteiger partial charge in [0.2, 0.25) is 0 Å². The Morgan fingerprint density at radius 3 is 2.48 bits per heavy atom. The summed E-state index contributed by atoms with van der Waals surface area (Å²) in [6.07, 6.45) is 5.02. The van der Waals surface area contributed by atoms with Crippen LogP contribution in [0.3, 0.4) is 0 Å². The number of hydrogen-bond donors (Lipinski definition) is 1. The molecule has 2 heterocycles. The molecular formula is C22H25ClN4OS. The van der Waals surface area contributed by atoms with Crippen molar-refractivity contribution >= 4 is 28.8 Å². The summed E-state index contributed by atoms with van der Waals surface area (Å²) >= 11 is 7.37. The lowest BCUT2D eigenvalue weighted by molar-refractivity contribution is 0.0953. The summed E-state index contributed by atoms with van der Waals surface area (Å²) < 4.78 is 0. The molecule has 1 unspecified atom stereocenters. The summed E-state index contributed by atoms with van der Waals surface area (Å²) in [4.78, 5) is 26.6. The molecule has 1 aromatic carbocycles. The molecule has 1 atom stereocenters. The number of nitrogens with one attached hydrogen (secondary N) is 1. The first-order chi connectivity index (χ1) is 14.0. The Labute approximate surface area is 180 Å². The third-order valence-electron chi connectivity index (χ3n) is 4.60. The van der Waals surface area contributed by atoms with Gasteiger partial charge in [0.25, 0.3) is 5.91 Å². The van der Waals surface area contributed by atoms with Gasteiger partial charge in [-0.1, -0.05) is 44.5 Å². The number of benzene rings is 1. The molecule has 0 fully saturated rings. The summed E-state index contributed by atoms with van der Waals surface area (Å²) in [6.45, 7) is 6.94. The quantitative estimate of drug-likeness (QED) is 0.523. The third kappa shape index (κ3) is 5.61. The predicted molar refractivity (Wildman–Crippen MR) is 118 cm³/mol. The van der Waals surface area contributed by atoms with Crippen molar-refractivity contribution in [1.82, 2.24) is 20.3 Å². The molecule has 0 saturated heterocycles. The Morgan fingerprint density at radius 2 is 1.86 bits per heavy atom. The Balaban J connectivity index is 1.76. The number of aromatic nitrogens is 3. The molecule has 1 amide bonds. The van der Waals surface area contributed by atoms with E-state index in [9.17, 15) is 4.79 Å². The average molecular weight is 429 g/mol. The lowest BCUT2D eigenvalue weighted by Gasteiger charge is -2.20. The van der Waals surface area contributed by atoms with Gasteiger partial charge in [-0.2, -0.15) is 0 Å². The van der Waals surface area contributed by atoms with Crippen LogP contribution >= 0.6 is 22.9 Å². The minimum absolute atomic E-state index is 0.0933. The van der Waals surface area contributed by atoms with E-state index in [-0.39, 0.29) is 11.8 Å². The van der Waals surface area contributed by atoms with E-state index in [0.717, 1.165) is 12.1 Å². The molecule has 29 heavy (non-hydrogen) atoms. The minimum Gasteiger partial charge on any atom is -0.351 e. The van der Waals surface area contributed by atoms with Gasteiger partial charge in [-0.25, -0.2) is 15.0 Å². The third-order valence-corrected chi connectivity index (χ3v) is 5.95. The second kappa shape index (κ2) is 9.94. The largest absolute Gasteiger partial charge is 0.351 e. The fraction of sp³-hybridized carbons (Fsp3) is 0.364. The van der Waals surface area contributed by atoms with Gasteiger partial charge in [0.1, 0.15) is 4.88 Å². The Bertz CT molecular complexity index is 941. The summed E-state index contributed by atoms with van der Waals surface area (Å²) in [7, 11) is 0. The molecule has 0 spiro atoms. The van der Waals surface area contributed by atoms with E-state index < -0.39 is 0 Å². The first-order valence-electron chi connectivity index (χ1n) is 9.78. The fourth-order valence-corrected chi connectivity index (χ4v) is 4.36. The highest BCUT2D eigenvalue weighted by molar-refractivity contribution is 7.17. The molecule has 0 aliphatic carbocycles. The second-order valence-corrected chi connectivity index (χ2v) is 8.74. The highest BCUT2D eigenvalue weighted by Gasteiger charge is 2.21. The van der Waals surface area contributed by atoms with Crippen molar-refractivity contribution in [2.24, 2.45) is 5.92 Å². The Hall–Kier alpha value is -2.31. The number of halogens is 1. The van der Waals surface area contributed by atoms with Gasteiger partial charge in [-0.3, -0.25) is 4.79 Å². The number of thiazole rings is 1. The molecule has 3 rings (SSSR count). The molecule has 1 N–H and O–H groups in total. The van der Waals surface area contributed by atoms with Crippen LogP contribution in [0.2, 0.25) is 5.02 Å². The number of carbonyl (C=O) groups excluding carboxylic acids is 1. The number of carbonyl (C=O) groups is 1. The van der Waals surface area contributed by atoms with Crippen LogP contribution in [0, 0.1) is 5.92 Å². The lowest BCUT2D eigenvalue weighted by atomic mass is 9.90. The van der Waals surface area contributed by atoms with Crippen molar-refractivity contribution in [1.29, 1.82) is 0 Å². The van der Waals surface area contributed by atoms with Gasteiger partial charge in [0.05, 0.1) is 5.69 Å². The van der Waals surface area contributed by atoms with Crippen LogP contribution in [-0.4, -0.2) is 27.4 Å². The zero-order valence-corrected chi connectivity index (χ0v) is 18.4. The van der Waals surface area contributed by atoms with Crippen LogP contribution in [-0.2, 0) is 6.42 Å². The van der Waals surface area contributed by atoms with Gasteiger partial charge in [0.15, 0.2) is 10.8 Å². The monoisotopic (exact) mass is 428 g/mol. The van der Waals surface area contributed by atoms with Crippen molar-refractivity contribution in [2.75, 3.05) is 6.54 Å². The highest BCUT2D eigenvalue weighted by Crippen LogP contribution is 2.27. The molecule has 152 valence electrons. The SMILES string of the molecule is CCc1nc(-c2ncccn2)sc1C(=O)NCC(CC(C)C)c1ccc(Cl)cc1. The van der Waals surface area contributed by atoms with Crippen LogP contribution < -0.4 is 5.32 Å². The minimum atomic E-state index is -0.0933. The van der Waals surface area contributed by atoms with E-state index >= 15 is 0 Å². The van der Waals surface area contributed by atoms with E-state index in [1.165, 1.54) is 16.9 Å². The van der Waals surface area contributed by atoms with E-state index in [0.29, 0.717) is 39.6 Å². The highest BCUT2D eigenvalue weighted by atomic mass is 35.5. The Kier molecular flexibility index (Phi) is 7.34. The maximum absolute atomic E-state index is 12.9. The van der Waals surface area contributed by atoms with Crippen LogP contribution in [0.5, 0.6) is 0 Å². The molecule has 2 aromatic heterocycles. The topological polar surface area (TPSA) is 67.8 Å². The van der Waals surface area contributed by atoms with Crippen molar-refractivity contribution in [2.45, 2.75) is 39.5 Å². The molecule has 3 aromatic rings. The molecule has 0 saturated carbocycles. The average Bonchev–Trinajstić information content (AvgIpc) is 3.16. The number of hydrogen-bond acceptors (Lipinski definition) is 5. The maximum Gasteiger partial charge on any atom is 0.263 e. The van der Waals surface area contributed by atoms with E-state index in [4.69, 9.17) is 11.6 Å².